The number of hydrogen-bond donors (Lipinski definition) is 2. The van der Waals surface area contributed by atoms with Crippen molar-refractivity contribution in [1.82, 2.24) is 4.90 Å². The van der Waals surface area contributed by atoms with Crippen LogP contribution in [-0.2, 0) is 16.6 Å². The number of phenols is 1. The van der Waals surface area contributed by atoms with Crippen LogP contribution < -0.4 is 0 Å². The zero-order valence-corrected chi connectivity index (χ0v) is 18.7. The molecule has 1 heterocycles. The molecule has 4 nitrogen and oxygen atoms in total. The number of aromatic hydroxyl groups is 1. The molecule has 1 unspecified atom stereocenters. The molecule has 0 aromatic heterocycles. The first-order valence-corrected chi connectivity index (χ1v) is 12.8. The Morgan fingerprint density at radius 1 is 1.06 bits per heavy atom. The van der Waals surface area contributed by atoms with Gasteiger partial charge in [0.15, 0.2) is 0 Å². The van der Waals surface area contributed by atoms with Crippen LogP contribution in [0, 0.1) is 17.8 Å². The molecule has 0 spiro atoms. The molecule has 1 saturated heterocycles. The molecular weight excluding hydrogens is 386 g/mol. The van der Waals surface area contributed by atoms with Gasteiger partial charge in [0.1, 0.15) is 11.5 Å². The van der Waals surface area contributed by atoms with E-state index in [4.69, 9.17) is 0 Å². The van der Waals surface area contributed by atoms with Crippen molar-refractivity contribution in [2.45, 2.75) is 94.1 Å². The zero-order chi connectivity index (χ0) is 21.2. The molecule has 2 N–H and O–H groups in total. The monoisotopic (exact) mass is 423 g/mol. The molecule has 1 aromatic rings. The van der Waals surface area contributed by atoms with Gasteiger partial charge in [-0.15, -0.1) is 0 Å². The number of benzene rings is 1. The van der Waals surface area contributed by atoms with Crippen LogP contribution in [0.15, 0.2) is 18.2 Å². The van der Waals surface area contributed by atoms with Crippen LogP contribution in [0.1, 0.15) is 81.8 Å². The highest BCUT2D eigenvalue weighted by molar-refractivity contribution is 5.85. The SMILES string of the molecule is O=C1CC23CCN(CC4CC4)[C@H](Cc4ccc(O)cc42)[C@]3(O)C[C@@H]1CC1CCCCC1. The van der Waals surface area contributed by atoms with Crippen molar-refractivity contribution < 1.29 is 15.0 Å². The number of likely N-dealkylation sites (tertiary alicyclic amines) is 1. The lowest BCUT2D eigenvalue weighted by Crippen LogP contribution is -2.74. The molecule has 4 atom stereocenters. The Kier molecular flexibility index (Phi) is 4.77. The normalized spacial score (nSPS) is 38.5. The molecule has 0 amide bonds. The first-order chi connectivity index (χ1) is 15.0. The van der Waals surface area contributed by atoms with Crippen LogP contribution in [0.5, 0.6) is 5.75 Å². The highest BCUT2D eigenvalue weighted by Crippen LogP contribution is 2.59. The second kappa shape index (κ2) is 7.31. The average Bonchev–Trinajstić information content (AvgIpc) is 3.57. The van der Waals surface area contributed by atoms with E-state index in [9.17, 15) is 15.0 Å². The van der Waals surface area contributed by atoms with E-state index in [1.165, 1.54) is 50.5 Å². The van der Waals surface area contributed by atoms with Crippen LogP contribution in [-0.4, -0.2) is 45.6 Å². The third-order valence-electron chi connectivity index (χ3n) is 9.69. The Hall–Kier alpha value is -1.39. The fraction of sp³-hybridized carbons (Fsp3) is 0.741. The second-order valence-electron chi connectivity index (χ2n) is 11.5. The van der Waals surface area contributed by atoms with E-state index in [0.717, 1.165) is 43.8 Å². The molecule has 4 heteroatoms. The predicted octanol–water partition coefficient (Wildman–Crippen LogP) is 4.35. The molecule has 4 fully saturated rings. The average molecular weight is 424 g/mol. The first kappa shape index (κ1) is 20.2. The third-order valence-corrected chi connectivity index (χ3v) is 9.69. The van der Waals surface area contributed by atoms with Crippen molar-refractivity contribution >= 4 is 5.78 Å². The van der Waals surface area contributed by atoms with Crippen LogP contribution in [0.25, 0.3) is 0 Å². The number of ketones is 1. The summed E-state index contributed by atoms with van der Waals surface area (Å²) in [5.74, 6) is 2.07. The molecule has 6 rings (SSSR count). The number of carbonyl (C=O) groups is 1. The summed E-state index contributed by atoms with van der Waals surface area (Å²) in [5.41, 5.74) is 0.895. The van der Waals surface area contributed by atoms with E-state index in [0.29, 0.717) is 24.5 Å². The predicted molar refractivity (Wildman–Crippen MR) is 120 cm³/mol. The zero-order valence-electron chi connectivity index (χ0n) is 18.7. The van der Waals surface area contributed by atoms with Crippen LogP contribution in [0.3, 0.4) is 0 Å². The van der Waals surface area contributed by atoms with Crippen molar-refractivity contribution in [1.29, 1.82) is 0 Å². The number of fused-ring (bicyclic) bond motifs is 1. The molecule has 0 radical (unpaired) electrons. The Bertz CT molecular complexity index is 873. The van der Waals surface area contributed by atoms with E-state index in [-0.39, 0.29) is 17.7 Å². The summed E-state index contributed by atoms with van der Waals surface area (Å²) in [4.78, 5) is 16.1. The van der Waals surface area contributed by atoms with Gasteiger partial charge in [-0.3, -0.25) is 9.69 Å². The van der Waals surface area contributed by atoms with Crippen molar-refractivity contribution in [2.24, 2.45) is 17.8 Å². The highest BCUT2D eigenvalue weighted by Gasteiger charge is 2.66. The van der Waals surface area contributed by atoms with E-state index in [1.54, 1.807) is 6.07 Å². The minimum atomic E-state index is -0.867. The van der Waals surface area contributed by atoms with Crippen LogP contribution >= 0.6 is 0 Å². The first-order valence-electron chi connectivity index (χ1n) is 12.8. The highest BCUT2D eigenvalue weighted by atomic mass is 16.3. The van der Waals surface area contributed by atoms with Crippen molar-refractivity contribution in [2.75, 3.05) is 13.1 Å². The molecule has 168 valence electrons. The lowest BCUT2D eigenvalue weighted by Gasteiger charge is -2.64. The molecule has 1 aliphatic heterocycles. The molecular formula is C27H37NO3. The van der Waals surface area contributed by atoms with Crippen molar-refractivity contribution in [3.63, 3.8) is 0 Å². The Morgan fingerprint density at radius 3 is 2.65 bits per heavy atom. The summed E-state index contributed by atoms with van der Waals surface area (Å²) in [5, 5.41) is 22.8. The maximum Gasteiger partial charge on any atom is 0.137 e. The standard InChI is InChI=1S/C27H37NO3/c29-22-9-8-20-13-25-27(31)15-21(12-18-4-2-1-3-5-18)24(30)16-26(27,23(20)14-22)10-11-28(25)17-19-6-7-19/h8-9,14,18-19,21,25,29,31H,1-7,10-13,15-17H2/t21-,25+,26?,27+/m0/s1. The van der Waals surface area contributed by atoms with Gasteiger partial charge < -0.3 is 10.2 Å². The van der Waals surface area contributed by atoms with Gasteiger partial charge in [0.05, 0.1) is 5.60 Å². The Balaban J connectivity index is 1.38. The number of carbonyl (C=O) groups excluding carboxylic acids is 1. The van der Waals surface area contributed by atoms with Gasteiger partial charge in [-0.1, -0.05) is 38.2 Å². The maximum absolute atomic E-state index is 13.5. The smallest absolute Gasteiger partial charge is 0.137 e. The number of nitrogens with zero attached hydrogens (tertiary/aromatic N) is 1. The number of phenolic OH excluding ortho intramolecular Hbond substituents is 1. The number of piperidine rings is 1. The number of aliphatic hydroxyl groups is 1. The van der Waals surface area contributed by atoms with E-state index in [1.807, 2.05) is 12.1 Å². The number of hydrogen-bond acceptors (Lipinski definition) is 4. The lowest BCUT2D eigenvalue weighted by atomic mass is 9.47. The summed E-state index contributed by atoms with van der Waals surface area (Å²) < 4.78 is 0. The summed E-state index contributed by atoms with van der Waals surface area (Å²) in [6.07, 6.45) is 12.8. The fourth-order valence-electron chi connectivity index (χ4n) is 7.88. The second-order valence-corrected chi connectivity index (χ2v) is 11.5. The topological polar surface area (TPSA) is 60.8 Å². The number of Topliss-reactive ketones (excluding diaryl/α,β-unsaturated/α-hetero) is 1. The minimum absolute atomic E-state index is 0.00320. The van der Waals surface area contributed by atoms with Crippen molar-refractivity contribution in [3.05, 3.63) is 29.3 Å². The molecule has 4 aliphatic carbocycles. The van der Waals surface area contributed by atoms with Gasteiger partial charge >= 0.3 is 0 Å². The van der Waals surface area contributed by atoms with Gasteiger partial charge in [-0.05, 0) is 80.2 Å². The summed E-state index contributed by atoms with van der Waals surface area (Å²) in [6.45, 7) is 2.05. The molecule has 2 bridgehead atoms. The summed E-state index contributed by atoms with van der Waals surface area (Å²) in [6, 6.07) is 5.78. The lowest BCUT2D eigenvalue weighted by molar-refractivity contribution is -0.183. The van der Waals surface area contributed by atoms with Gasteiger partial charge in [0, 0.05) is 30.3 Å². The largest absolute Gasteiger partial charge is 0.508 e. The molecule has 3 saturated carbocycles. The Morgan fingerprint density at radius 2 is 1.87 bits per heavy atom. The summed E-state index contributed by atoms with van der Waals surface area (Å²) in [7, 11) is 0. The quantitative estimate of drug-likeness (QED) is 0.756. The van der Waals surface area contributed by atoms with Crippen molar-refractivity contribution in [3.8, 4) is 5.75 Å². The minimum Gasteiger partial charge on any atom is -0.508 e. The van der Waals surface area contributed by atoms with Gasteiger partial charge in [-0.2, -0.15) is 0 Å². The van der Waals surface area contributed by atoms with Gasteiger partial charge in [-0.25, -0.2) is 0 Å². The van der Waals surface area contributed by atoms with E-state index >= 15 is 0 Å². The Labute approximate surface area is 186 Å². The van der Waals surface area contributed by atoms with Crippen LogP contribution in [0.2, 0.25) is 0 Å². The molecule has 31 heavy (non-hydrogen) atoms. The molecule has 5 aliphatic rings. The van der Waals surface area contributed by atoms with E-state index in [2.05, 4.69) is 4.90 Å². The number of rotatable bonds is 4. The van der Waals surface area contributed by atoms with E-state index < -0.39 is 11.0 Å². The van der Waals surface area contributed by atoms with Crippen LogP contribution in [0.4, 0.5) is 0 Å². The van der Waals surface area contributed by atoms with Gasteiger partial charge in [0.25, 0.3) is 0 Å². The molecule has 1 aromatic carbocycles. The summed E-state index contributed by atoms with van der Waals surface area (Å²) >= 11 is 0. The maximum atomic E-state index is 13.5. The fourth-order valence-corrected chi connectivity index (χ4v) is 7.88. The third kappa shape index (κ3) is 3.20. The van der Waals surface area contributed by atoms with Gasteiger partial charge in [0.2, 0.25) is 0 Å².